The average molecular weight is 257 g/mol. The van der Waals surface area contributed by atoms with Crippen LogP contribution in [-0.4, -0.2) is 19.3 Å². The number of rotatable bonds is 10. The quantitative estimate of drug-likeness (QED) is 0.434. The Kier molecular flexibility index (Phi) is 9.85. The molecule has 1 unspecified atom stereocenters. The second kappa shape index (κ2) is 9.90. The van der Waals surface area contributed by atoms with Crippen molar-refractivity contribution in [3.05, 3.63) is 11.8 Å². The number of unbranched alkanes of at least 4 members (excludes halogenated alkanes) is 2. The predicted molar refractivity (Wildman–Crippen MR) is 81.1 cm³/mol. The minimum Gasteiger partial charge on any atom is -0.393 e. The Morgan fingerprint density at radius 2 is 1.59 bits per heavy atom. The fourth-order valence-electron chi connectivity index (χ4n) is 2.33. The van der Waals surface area contributed by atoms with Gasteiger partial charge in [-0.3, -0.25) is 0 Å². The molecule has 1 N–H and O–H groups in total. The molecule has 1 atom stereocenters. The van der Waals surface area contributed by atoms with E-state index in [2.05, 4.69) is 39.5 Å². The molecule has 0 fully saturated rings. The Labute approximate surface area is 109 Å². The van der Waals surface area contributed by atoms with Crippen LogP contribution in [0.15, 0.2) is 11.8 Å². The van der Waals surface area contributed by atoms with Crippen molar-refractivity contribution in [3.8, 4) is 0 Å². The van der Waals surface area contributed by atoms with E-state index in [9.17, 15) is 5.11 Å². The van der Waals surface area contributed by atoms with Crippen molar-refractivity contribution in [1.82, 2.24) is 0 Å². The summed E-state index contributed by atoms with van der Waals surface area (Å²) in [6.45, 7) is 9.17. The van der Waals surface area contributed by atoms with Crippen LogP contribution in [0.3, 0.4) is 0 Å². The predicted octanol–water partition coefficient (Wildman–Crippen LogP) is 4.92. The van der Waals surface area contributed by atoms with Crippen molar-refractivity contribution in [1.29, 1.82) is 0 Å². The molecule has 0 aliphatic rings. The Hall–Kier alpha value is -0.0831. The molecule has 0 heterocycles. The minimum atomic E-state index is -1.11. The molecule has 0 amide bonds. The van der Waals surface area contributed by atoms with E-state index in [-0.39, 0.29) is 6.10 Å². The van der Waals surface area contributed by atoms with E-state index in [0.29, 0.717) is 0 Å². The summed E-state index contributed by atoms with van der Waals surface area (Å²) < 4.78 is 0. The fourth-order valence-corrected chi connectivity index (χ4v) is 5.17. The summed E-state index contributed by atoms with van der Waals surface area (Å²) in [5, 5.41) is 9.85. The zero-order valence-corrected chi connectivity index (χ0v) is 13.3. The normalized spacial score (nSPS) is 14.4. The van der Waals surface area contributed by atoms with Crippen molar-refractivity contribution in [2.24, 2.45) is 0 Å². The highest BCUT2D eigenvalue weighted by Gasteiger charge is 2.22. The standard InChI is InChI=1S/C15H32OSi/c1-5-9-10-12-15(16)13-11-14-17(6-2,7-3)8-4/h11,14-16H,5-10,12-13H2,1-4H3/b14-11+. The van der Waals surface area contributed by atoms with Gasteiger partial charge in [0.15, 0.2) is 0 Å². The Bertz CT molecular complexity index is 189. The lowest BCUT2D eigenvalue weighted by Gasteiger charge is -2.23. The molecule has 0 saturated carbocycles. The van der Waals surface area contributed by atoms with Gasteiger partial charge in [-0.15, -0.1) is 0 Å². The van der Waals surface area contributed by atoms with E-state index >= 15 is 0 Å². The third kappa shape index (κ3) is 7.05. The van der Waals surface area contributed by atoms with Crippen LogP contribution in [0, 0.1) is 0 Å². The number of aliphatic hydroxyl groups is 1. The molecule has 0 aliphatic heterocycles. The third-order valence-corrected chi connectivity index (χ3v) is 9.30. The van der Waals surface area contributed by atoms with Gasteiger partial charge in [0.1, 0.15) is 0 Å². The molecule has 0 aromatic heterocycles. The van der Waals surface area contributed by atoms with Crippen molar-refractivity contribution >= 4 is 8.07 Å². The van der Waals surface area contributed by atoms with Gasteiger partial charge in [-0.25, -0.2) is 0 Å². The summed E-state index contributed by atoms with van der Waals surface area (Å²) in [5.74, 6) is 0. The molecule has 0 bridgehead atoms. The van der Waals surface area contributed by atoms with Crippen LogP contribution in [0.2, 0.25) is 18.1 Å². The molecule has 1 nitrogen and oxygen atoms in total. The fraction of sp³-hybridized carbons (Fsp3) is 0.867. The summed E-state index contributed by atoms with van der Waals surface area (Å²) in [6, 6.07) is 4.01. The van der Waals surface area contributed by atoms with Gasteiger partial charge < -0.3 is 5.11 Å². The smallest absolute Gasteiger partial charge is 0.0766 e. The zero-order valence-electron chi connectivity index (χ0n) is 12.3. The second-order valence-corrected chi connectivity index (χ2v) is 10.4. The molecular weight excluding hydrogens is 224 g/mol. The topological polar surface area (TPSA) is 20.2 Å². The summed E-state index contributed by atoms with van der Waals surface area (Å²) in [5.41, 5.74) is 2.48. The van der Waals surface area contributed by atoms with Crippen LogP contribution in [0.4, 0.5) is 0 Å². The van der Waals surface area contributed by atoms with E-state index in [1.54, 1.807) is 0 Å². The number of hydrogen-bond acceptors (Lipinski definition) is 1. The first kappa shape index (κ1) is 16.9. The highest BCUT2D eigenvalue weighted by molar-refractivity contribution is 6.84. The summed E-state index contributed by atoms with van der Waals surface area (Å²) >= 11 is 0. The average Bonchev–Trinajstić information content (AvgIpc) is 2.36. The molecule has 0 aromatic rings. The van der Waals surface area contributed by atoms with Gasteiger partial charge in [0.2, 0.25) is 0 Å². The maximum atomic E-state index is 9.85. The third-order valence-electron chi connectivity index (χ3n) is 4.13. The van der Waals surface area contributed by atoms with Crippen molar-refractivity contribution in [3.63, 3.8) is 0 Å². The first-order chi connectivity index (χ1) is 8.14. The van der Waals surface area contributed by atoms with Crippen LogP contribution >= 0.6 is 0 Å². The molecule has 0 aliphatic carbocycles. The molecule has 17 heavy (non-hydrogen) atoms. The second-order valence-electron chi connectivity index (χ2n) is 5.21. The van der Waals surface area contributed by atoms with Crippen LogP contribution in [0.25, 0.3) is 0 Å². The molecule has 0 rings (SSSR count). The summed E-state index contributed by atoms with van der Waals surface area (Å²) in [4.78, 5) is 0. The Morgan fingerprint density at radius 1 is 1.00 bits per heavy atom. The highest BCUT2D eigenvalue weighted by atomic mass is 28.3. The van der Waals surface area contributed by atoms with Gasteiger partial charge in [-0.1, -0.05) is 76.9 Å². The molecule has 0 spiro atoms. The summed E-state index contributed by atoms with van der Waals surface area (Å²) in [6.07, 6.45) is 7.63. The van der Waals surface area contributed by atoms with Gasteiger partial charge in [-0.2, -0.15) is 0 Å². The van der Waals surface area contributed by atoms with Crippen LogP contribution in [-0.2, 0) is 0 Å². The monoisotopic (exact) mass is 256 g/mol. The summed E-state index contributed by atoms with van der Waals surface area (Å²) in [7, 11) is -1.11. The van der Waals surface area contributed by atoms with E-state index in [1.165, 1.54) is 37.4 Å². The minimum absolute atomic E-state index is 0.116. The van der Waals surface area contributed by atoms with Crippen LogP contribution in [0.1, 0.15) is 59.8 Å². The van der Waals surface area contributed by atoms with Crippen molar-refractivity contribution in [2.45, 2.75) is 84.0 Å². The van der Waals surface area contributed by atoms with E-state index < -0.39 is 8.07 Å². The van der Waals surface area contributed by atoms with Gasteiger partial charge in [-0.05, 0) is 12.8 Å². The van der Waals surface area contributed by atoms with Crippen molar-refractivity contribution < 1.29 is 5.11 Å². The lowest BCUT2D eigenvalue weighted by atomic mass is 10.1. The maximum Gasteiger partial charge on any atom is 0.0766 e. The molecule has 0 radical (unpaired) electrons. The first-order valence-electron chi connectivity index (χ1n) is 7.49. The van der Waals surface area contributed by atoms with Gasteiger partial charge in [0.25, 0.3) is 0 Å². The molecule has 0 saturated heterocycles. The number of hydrogen-bond donors (Lipinski definition) is 1. The van der Waals surface area contributed by atoms with Gasteiger partial charge in [0.05, 0.1) is 14.2 Å². The van der Waals surface area contributed by atoms with Gasteiger partial charge in [0, 0.05) is 0 Å². The van der Waals surface area contributed by atoms with Gasteiger partial charge >= 0.3 is 0 Å². The lowest BCUT2D eigenvalue weighted by molar-refractivity contribution is 0.164. The lowest BCUT2D eigenvalue weighted by Crippen LogP contribution is -2.28. The largest absolute Gasteiger partial charge is 0.393 e. The number of aliphatic hydroxyl groups excluding tert-OH is 1. The zero-order chi connectivity index (χ0) is 13.1. The molecule has 102 valence electrons. The molecule has 2 heteroatoms. The van der Waals surface area contributed by atoms with E-state index in [0.717, 1.165) is 12.8 Å². The Balaban J connectivity index is 3.98. The molecule has 0 aromatic carbocycles. The SMILES string of the molecule is CCCCCC(O)C/C=C/[Si](CC)(CC)CC. The highest BCUT2D eigenvalue weighted by Crippen LogP contribution is 2.22. The van der Waals surface area contributed by atoms with E-state index in [4.69, 9.17) is 0 Å². The first-order valence-corrected chi connectivity index (χ1v) is 10.2. The molecular formula is C15H32OSi. The van der Waals surface area contributed by atoms with Crippen molar-refractivity contribution in [2.75, 3.05) is 0 Å². The van der Waals surface area contributed by atoms with Crippen LogP contribution in [0.5, 0.6) is 0 Å². The maximum absolute atomic E-state index is 9.85. The van der Waals surface area contributed by atoms with Crippen LogP contribution < -0.4 is 0 Å². The van der Waals surface area contributed by atoms with E-state index in [1.807, 2.05) is 0 Å². The Morgan fingerprint density at radius 3 is 2.06 bits per heavy atom.